The van der Waals surface area contributed by atoms with Crippen molar-refractivity contribution in [3.8, 4) is 0 Å². The minimum Gasteiger partial charge on any atom is -0.381 e. The van der Waals surface area contributed by atoms with Gasteiger partial charge in [-0.05, 0) is 38.7 Å². The molecule has 80 valence electrons. The summed E-state index contributed by atoms with van der Waals surface area (Å²) >= 11 is 0. The van der Waals surface area contributed by atoms with Gasteiger partial charge in [-0.2, -0.15) is 0 Å². The molecular formula is C11H19NO2. The summed E-state index contributed by atoms with van der Waals surface area (Å²) in [4.78, 5) is 11.2. The Morgan fingerprint density at radius 3 is 2.57 bits per heavy atom. The number of carbonyl (C=O) groups excluding carboxylic acids is 1. The van der Waals surface area contributed by atoms with E-state index in [4.69, 9.17) is 4.74 Å². The summed E-state index contributed by atoms with van der Waals surface area (Å²) in [6, 6.07) is 0. The molecule has 1 rings (SSSR count). The highest BCUT2D eigenvalue weighted by Gasteiger charge is 2.31. The highest BCUT2D eigenvalue weighted by Crippen LogP contribution is 2.26. The van der Waals surface area contributed by atoms with E-state index in [0.717, 1.165) is 26.1 Å². The number of amides is 1. The van der Waals surface area contributed by atoms with Crippen LogP contribution in [0.15, 0.2) is 12.7 Å². The molecule has 1 N–H and O–H groups in total. The molecule has 1 heterocycles. The van der Waals surface area contributed by atoms with Crippen molar-refractivity contribution < 1.29 is 9.53 Å². The van der Waals surface area contributed by atoms with Crippen molar-refractivity contribution in [3.63, 3.8) is 0 Å². The van der Waals surface area contributed by atoms with Crippen molar-refractivity contribution in [1.29, 1.82) is 0 Å². The first kappa shape index (κ1) is 11.2. The van der Waals surface area contributed by atoms with E-state index in [1.807, 2.05) is 0 Å². The highest BCUT2D eigenvalue weighted by molar-refractivity contribution is 5.87. The third-order valence-electron chi connectivity index (χ3n) is 2.87. The smallest absolute Gasteiger partial charge is 0.243 e. The molecule has 0 bridgehead atoms. The van der Waals surface area contributed by atoms with E-state index in [0.29, 0.717) is 5.92 Å². The number of hydrogen-bond donors (Lipinski definition) is 1. The summed E-state index contributed by atoms with van der Waals surface area (Å²) in [5.41, 5.74) is -0.158. The highest BCUT2D eigenvalue weighted by atomic mass is 16.5. The summed E-state index contributed by atoms with van der Waals surface area (Å²) in [7, 11) is 0. The molecule has 0 aromatic heterocycles. The number of hydrogen-bond acceptors (Lipinski definition) is 2. The van der Waals surface area contributed by atoms with E-state index in [2.05, 4.69) is 25.7 Å². The van der Waals surface area contributed by atoms with Crippen LogP contribution in [0.3, 0.4) is 0 Å². The lowest BCUT2D eigenvalue weighted by molar-refractivity contribution is -0.119. The molecule has 0 aliphatic carbocycles. The predicted molar refractivity (Wildman–Crippen MR) is 56.0 cm³/mol. The largest absolute Gasteiger partial charge is 0.381 e. The van der Waals surface area contributed by atoms with Crippen LogP contribution in [-0.2, 0) is 9.53 Å². The third-order valence-corrected chi connectivity index (χ3v) is 2.87. The SMILES string of the molecule is C=CC(=O)NC(C)(C)C1CCOCC1. The van der Waals surface area contributed by atoms with Crippen molar-refractivity contribution in [2.24, 2.45) is 5.92 Å². The zero-order chi connectivity index (χ0) is 10.6. The van der Waals surface area contributed by atoms with Crippen LogP contribution in [0, 0.1) is 5.92 Å². The molecule has 0 spiro atoms. The second-order valence-corrected chi connectivity index (χ2v) is 4.30. The summed E-state index contributed by atoms with van der Waals surface area (Å²) in [5.74, 6) is 0.404. The molecule has 0 aromatic carbocycles. The van der Waals surface area contributed by atoms with Crippen LogP contribution < -0.4 is 5.32 Å². The van der Waals surface area contributed by atoms with Gasteiger partial charge in [0.1, 0.15) is 0 Å². The van der Waals surface area contributed by atoms with E-state index < -0.39 is 0 Å². The first-order valence-electron chi connectivity index (χ1n) is 5.08. The molecular weight excluding hydrogens is 178 g/mol. The van der Waals surface area contributed by atoms with Gasteiger partial charge >= 0.3 is 0 Å². The van der Waals surface area contributed by atoms with Gasteiger partial charge in [0.05, 0.1) is 0 Å². The normalized spacial score (nSPS) is 19.0. The van der Waals surface area contributed by atoms with E-state index in [1.54, 1.807) is 0 Å². The average molecular weight is 197 g/mol. The molecule has 1 fully saturated rings. The Balaban J connectivity index is 2.53. The average Bonchev–Trinajstić information content (AvgIpc) is 2.18. The molecule has 1 amide bonds. The fourth-order valence-corrected chi connectivity index (χ4v) is 1.89. The van der Waals surface area contributed by atoms with Crippen LogP contribution in [0.25, 0.3) is 0 Å². The second kappa shape index (κ2) is 4.60. The Bertz CT molecular complexity index is 217. The molecule has 1 aliphatic rings. The van der Waals surface area contributed by atoms with Crippen LogP contribution >= 0.6 is 0 Å². The van der Waals surface area contributed by atoms with Gasteiger partial charge in [0.15, 0.2) is 0 Å². The number of rotatable bonds is 3. The Morgan fingerprint density at radius 2 is 2.07 bits per heavy atom. The van der Waals surface area contributed by atoms with Crippen LogP contribution in [-0.4, -0.2) is 24.7 Å². The summed E-state index contributed by atoms with van der Waals surface area (Å²) in [5, 5.41) is 2.96. The van der Waals surface area contributed by atoms with Crippen molar-refractivity contribution in [3.05, 3.63) is 12.7 Å². The zero-order valence-corrected chi connectivity index (χ0v) is 9.01. The topological polar surface area (TPSA) is 38.3 Å². The fraction of sp³-hybridized carbons (Fsp3) is 0.727. The third kappa shape index (κ3) is 2.84. The molecule has 0 atom stereocenters. The Morgan fingerprint density at radius 1 is 1.50 bits per heavy atom. The number of nitrogens with one attached hydrogen (secondary N) is 1. The van der Waals surface area contributed by atoms with E-state index in [-0.39, 0.29) is 11.4 Å². The van der Waals surface area contributed by atoms with E-state index in [1.165, 1.54) is 6.08 Å². The van der Waals surface area contributed by atoms with Gasteiger partial charge in [-0.15, -0.1) is 0 Å². The Labute approximate surface area is 85.5 Å². The number of carbonyl (C=O) groups is 1. The van der Waals surface area contributed by atoms with Crippen LogP contribution in [0.1, 0.15) is 26.7 Å². The van der Waals surface area contributed by atoms with Crippen LogP contribution in [0.4, 0.5) is 0 Å². The lowest BCUT2D eigenvalue weighted by Gasteiger charge is -2.37. The monoisotopic (exact) mass is 197 g/mol. The first-order chi connectivity index (χ1) is 6.56. The van der Waals surface area contributed by atoms with Gasteiger partial charge in [-0.3, -0.25) is 4.79 Å². The lowest BCUT2D eigenvalue weighted by Crippen LogP contribution is -2.50. The van der Waals surface area contributed by atoms with Crippen LogP contribution in [0.2, 0.25) is 0 Å². The van der Waals surface area contributed by atoms with Crippen molar-refractivity contribution in [2.75, 3.05) is 13.2 Å². The van der Waals surface area contributed by atoms with Crippen molar-refractivity contribution in [1.82, 2.24) is 5.32 Å². The molecule has 0 aromatic rings. The van der Waals surface area contributed by atoms with E-state index in [9.17, 15) is 4.79 Å². The maximum absolute atomic E-state index is 11.2. The maximum atomic E-state index is 11.2. The Kier molecular flexibility index (Phi) is 3.69. The van der Waals surface area contributed by atoms with Crippen molar-refractivity contribution >= 4 is 5.91 Å². The summed E-state index contributed by atoms with van der Waals surface area (Å²) in [6.45, 7) is 9.18. The van der Waals surface area contributed by atoms with Gasteiger partial charge in [-0.1, -0.05) is 6.58 Å². The molecule has 0 radical (unpaired) electrons. The van der Waals surface area contributed by atoms with Crippen molar-refractivity contribution in [2.45, 2.75) is 32.2 Å². The molecule has 1 saturated heterocycles. The molecule has 3 nitrogen and oxygen atoms in total. The van der Waals surface area contributed by atoms with Gasteiger partial charge in [0.25, 0.3) is 0 Å². The zero-order valence-electron chi connectivity index (χ0n) is 9.01. The minimum atomic E-state index is -0.158. The molecule has 1 aliphatic heterocycles. The fourth-order valence-electron chi connectivity index (χ4n) is 1.89. The summed E-state index contributed by atoms with van der Waals surface area (Å²) in [6.07, 6.45) is 3.36. The standard InChI is InChI=1S/C11H19NO2/c1-4-10(13)12-11(2,3)9-5-7-14-8-6-9/h4,9H,1,5-8H2,2-3H3,(H,12,13). The summed E-state index contributed by atoms with van der Waals surface area (Å²) < 4.78 is 5.29. The Hall–Kier alpha value is -0.830. The molecule has 0 saturated carbocycles. The predicted octanol–water partition coefficient (Wildman–Crippen LogP) is 1.49. The van der Waals surface area contributed by atoms with Crippen LogP contribution in [0.5, 0.6) is 0 Å². The van der Waals surface area contributed by atoms with Gasteiger partial charge in [-0.25, -0.2) is 0 Å². The number of ether oxygens (including phenoxy) is 1. The molecule has 3 heteroatoms. The second-order valence-electron chi connectivity index (χ2n) is 4.30. The molecule has 0 unspecified atom stereocenters. The lowest BCUT2D eigenvalue weighted by atomic mass is 9.82. The van der Waals surface area contributed by atoms with Gasteiger partial charge in [0, 0.05) is 18.8 Å². The first-order valence-corrected chi connectivity index (χ1v) is 5.08. The quantitative estimate of drug-likeness (QED) is 0.696. The molecule has 14 heavy (non-hydrogen) atoms. The van der Waals surface area contributed by atoms with Gasteiger partial charge in [0.2, 0.25) is 5.91 Å². The maximum Gasteiger partial charge on any atom is 0.243 e. The van der Waals surface area contributed by atoms with E-state index >= 15 is 0 Å². The van der Waals surface area contributed by atoms with Gasteiger partial charge < -0.3 is 10.1 Å². The minimum absolute atomic E-state index is 0.0958.